The van der Waals surface area contributed by atoms with Crippen molar-refractivity contribution < 1.29 is 9.47 Å². The molecule has 0 spiro atoms. The lowest BCUT2D eigenvalue weighted by molar-refractivity contribution is 0.134. The first-order chi connectivity index (χ1) is 9.74. The third kappa shape index (κ3) is 11.9. The highest BCUT2D eigenvalue weighted by Crippen LogP contribution is 2.10. The van der Waals surface area contributed by atoms with Crippen LogP contribution in [0.15, 0.2) is 49.1 Å². The third-order valence-electron chi connectivity index (χ3n) is 3.05. The van der Waals surface area contributed by atoms with Gasteiger partial charge in [-0.05, 0) is 24.8 Å². The maximum atomic E-state index is 5.64. The van der Waals surface area contributed by atoms with Crippen LogP contribution in [0.25, 0.3) is 0 Å². The fourth-order valence-corrected chi connectivity index (χ4v) is 1.88. The van der Waals surface area contributed by atoms with E-state index >= 15 is 0 Å². The number of allylic oxidation sites excluding steroid dienone is 4. The van der Waals surface area contributed by atoms with Gasteiger partial charge in [-0.1, -0.05) is 62.8 Å². The maximum Gasteiger partial charge on any atom is 0.0702 e. The van der Waals surface area contributed by atoms with Crippen LogP contribution in [-0.4, -0.2) is 26.9 Å². The van der Waals surface area contributed by atoms with E-state index in [1.165, 1.54) is 25.7 Å². The van der Waals surface area contributed by atoms with Gasteiger partial charge in [-0.2, -0.15) is 0 Å². The second-order valence-electron chi connectivity index (χ2n) is 4.93. The highest BCUT2D eigenvalue weighted by Gasteiger charge is 1.97. The highest BCUT2D eigenvalue weighted by atomic mass is 16.5. The molecule has 0 saturated carbocycles. The van der Waals surface area contributed by atoms with E-state index < -0.39 is 0 Å². The first-order valence-electron chi connectivity index (χ1n) is 7.42. The second kappa shape index (κ2) is 14.3. The Kier molecular flexibility index (Phi) is 13.5. The quantitative estimate of drug-likeness (QED) is 0.334. The molecular weight excluding hydrogens is 248 g/mol. The molecule has 0 atom stereocenters. The van der Waals surface area contributed by atoms with Gasteiger partial charge in [0.2, 0.25) is 0 Å². The second-order valence-corrected chi connectivity index (χ2v) is 4.93. The van der Waals surface area contributed by atoms with Gasteiger partial charge in [0.25, 0.3) is 0 Å². The molecule has 0 fully saturated rings. The molecule has 0 aromatic carbocycles. The molecule has 0 saturated heterocycles. The molecule has 2 heteroatoms. The topological polar surface area (TPSA) is 18.5 Å². The Morgan fingerprint density at radius 2 is 1.70 bits per heavy atom. The van der Waals surface area contributed by atoms with Gasteiger partial charge in [0, 0.05) is 13.7 Å². The SMILES string of the molecule is C=C/C=C(/COC)COCCCCCCCC(=C)C=C. The molecule has 0 rings (SSSR count). The Morgan fingerprint density at radius 3 is 2.35 bits per heavy atom. The van der Waals surface area contributed by atoms with Crippen LogP contribution >= 0.6 is 0 Å². The summed E-state index contributed by atoms with van der Waals surface area (Å²) < 4.78 is 10.7. The summed E-state index contributed by atoms with van der Waals surface area (Å²) in [5.41, 5.74) is 2.28. The number of hydrogen-bond donors (Lipinski definition) is 0. The van der Waals surface area contributed by atoms with Crippen LogP contribution in [-0.2, 0) is 9.47 Å². The summed E-state index contributed by atoms with van der Waals surface area (Å²) in [6.07, 6.45) is 12.7. The summed E-state index contributed by atoms with van der Waals surface area (Å²) in [5, 5.41) is 0. The normalized spacial score (nSPS) is 11.3. The van der Waals surface area contributed by atoms with Crippen molar-refractivity contribution in [2.75, 3.05) is 26.9 Å². The van der Waals surface area contributed by atoms with E-state index in [-0.39, 0.29) is 0 Å². The number of methoxy groups -OCH3 is 1. The minimum Gasteiger partial charge on any atom is -0.380 e. The molecule has 0 aliphatic carbocycles. The van der Waals surface area contributed by atoms with Gasteiger partial charge in [0.1, 0.15) is 0 Å². The number of hydrogen-bond acceptors (Lipinski definition) is 2. The van der Waals surface area contributed by atoms with Crippen molar-refractivity contribution in [2.24, 2.45) is 0 Å². The zero-order chi connectivity index (χ0) is 15.1. The van der Waals surface area contributed by atoms with E-state index in [4.69, 9.17) is 9.47 Å². The van der Waals surface area contributed by atoms with Crippen molar-refractivity contribution in [3.8, 4) is 0 Å². The average molecular weight is 278 g/mol. The molecular formula is C18H30O2. The van der Waals surface area contributed by atoms with Crippen LogP contribution in [0.3, 0.4) is 0 Å². The lowest BCUT2D eigenvalue weighted by atomic mass is 10.1. The zero-order valence-corrected chi connectivity index (χ0v) is 13.0. The Labute approximate surface area is 124 Å². The van der Waals surface area contributed by atoms with Crippen LogP contribution in [0.2, 0.25) is 0 Å². The predicted octanol–water partition coefficient (Wildman–Crippen LogP) is 4.84. The van der Waals surface area contributed by atoms with Crippen LogP contribution in [0, 0.1) is 0 Å². The highest BCUT2D eigenvalue weighted by molar-refractivity contribution is 5.11. The number of unbranched alkanes of at least 4 members (excludes halogenated alkanes) is 4. The molecule has 114 valence electrons. The van der Waals surface area contributed by atoms with Crippen LogP contribution in [0.5, 0.6) is 0 Å². The number of ether oxygens (including phenoxy) is 2. The van der Waals surface area contributed by atoms with Gasteiger partial charge in [-0.3, -0.25) is 0 Å². The molecule has 0 amide bonds. The molecule has 0 N–H and O–H groups in total. The van der Waals surface area contributed by atoms with Gasteiger partial charge >= 0.3 is 0 Å². The summed E-state index contributed by atoms with van der Waals surface area (Å²) in [6, 6.07) is 0. The van der Waals surface area contributed by atoms with Gasteiger partial charge in [0.05, 0.1) is 13.2 Å². The molecule has 0 radical (unpaired) electrons. The summed E-state index contributed by atoms with van der Waals surface area (Å²) >= 11 is 0. The molecule has 20 heavy (non-hydrogen) atoms. The standard InChI is InChI=1S/C18H30O2/c1-5-12-18(15-19-4)16-20-14-11-9-7-8-10-13-17(3)6-2/h5-6,12H,1-3,7-11,13-16H2,4H3/b18-12-. The molecule has 0 aromatic heterocycles. The van der Waals surface area contributed by atoms with Crippen molar-refractivity contribution in [3.63, 3.8) is 0 Å². The van der Waals surface area contributed by atoms with Gasteiger partial charge in [0.15, 0.2) is 0 Å². The van der Waals surface area contributed by atoms with Crippen LogP contribution in [0.4, 0.5) is 0 Å². The monoisotopic (exact) mass is 278 g/mol. The van der Waals surface area contributed by atoms with Crippen molar-refractivity contribution in [1.29, 1.82) is 0 Å². The summed E-state index contributed by atoms with van der Waals surface area (Å²) in [6.45, 7) is 13.4. The van der Waals surface area contributed by atoms with Gasteiger partial charge in [-0.15, -0.1) is 0 Å². The fourth-order valence-electron chi connectivity index (χ4n) is 1.88. The van der Waals surface area contributed by atoms with E-state index in [1.54, 1.807) is 13.2 Å². The summed E-state index contributed by atoms with van der Waals surface area (Å²) in [7, 11) is 1.69. The lowest BCUT2D eigenvalue weighted by Gasteiger charge is -2.07. The van der Waals surface area contributed by atoms with E-state index in [9.17, 15) is 0 Å². The molecule has 0 heterocycles. The Hall–Kier alpha value is -1.12. The fraction of sp³-hybridized carbons (Fsp3) is 0.556. The summed E-state index contributed by atoms with van der Waals surface area (Å²) in [5.74, 6) is 0. The van der Waals surface area contributed by atoms with Crippen LogP contribution < -0.4 is 0 Å². The maximum absolute atomic E-state index is 5.64. The molecule has 0 bridgehead atoms. The zero-order valence-electron chi connectivity index (χ0n) is 13.0. The number of rotatable bonds is 14. The average Bonchev–Trinajstić information content (AvgIpc) is 2.45. The van der Waals surface area contributed by atoms with Crippen molar-refractivity contribution in [1.82, 2.24) is 0 Å². The molecule has 0 aliphatic rings. The van der Waals surface area contributed by atoms with E-state index in [0.29, 0.717) is 13.2 Å². The minimum absolute atomic E-state index is 0.610. The van der Waals surface area contributed by atoms with Gasteiger partial charge in [-0.25, -0.2) is 0 Å². The van der Waals surface area contributed by atoms with E-state index in [2.05, 4.69) is 19.7 Å². The lowest BCUT2D eigenvalue weighted by Crippen LogP contribution is -2.05. The Bertz CT molecular complexity index is 303. The molecule has 0 aliphatic heterocycles. The van der Waals surface area contributed by atoms with E-state index in [0.717, 1.165) is 30.6 Å². The Morgan fingerprint density at radius 1 is 1.00 bits per heavy atom. The third-order valence-corrected chi connectivity index (χ3v) is 3.05. The first kappa shape index (κ1) is 18.9. The van der Waals surface area contributed by atoms with Crippen molar-refractivity contribution in [3.05, 3.63) is 49.1 Å². The minimum atomic E-state index is 0.610. The summed E-state index contributed by atoms with van der Waals surface area (Å²) in [4.78, 5) is 0. The largest absolute Gasteiger partial charge is 0.380 e. The smallest absolute Gasteiger partial charge is 0.0702 e. The van der Waals surface area contributed by atoms with Gasteiger partial charge < -0.3 is 9.47 Å². The molecule has 2 nitrogen and oxygen atoms in total. The first-order valence-corrected chi connectivity index (χ1v) is 7.42. The molecule has 0 aromatic rings. The van der Waals surface area contributed by atoms with Crippen molar-refractivity contribution >= 4 is 0 Å². The predicted molar refractivity (Wildman–Crippen MR) is 88.0 cm³/mol. The van der Waals surface area contributed by atoms with E-state index in [1.807, 2.05) is 12.2 Å². The van der Waals surface area contributed by atoms with Crippen LogP contribution in [0.1, 0.15) is 38.5 Å². The van der Waals surface area contributed by atoms with Crippen molar-refractivity contribution in [2.45, 2.75) is 38.5 Å². The molecule has 0 unspecified atom stereocenters. The Balaban J connectivity index is 3.39.